The number of aromatic nitrogens is 2. The van der Waals surface area contributed by atoms with Gasteiger partial charge in [-0.2, -0.15) is 4.91 Å². The molecule has 1 heterocycles. The molecule has 1 aromatic rings. The van der Waals surface area contributed by atoms with E-state index in [4.69, 9.17) is 5.53 Å². The lowest BCUT2D eigenvalue weighted by atomic mass is 10.7. The molecule has 0 atom stereocenters. The average molecular weight is 153 g/mol. The number of nitrogens with one attached hydrogen (secondary N) is 1. The van der Waals surface area contributed by atoms with Crippen LogP contribution in [0, 0.1) is 0 Å². The van der Waals surface area contributed by atoms with E-state index in [2.05, 4.69) is 10.1 Å². The third-order valence-corrected chi connectivity index (χ3v) is 0.942. The van der Waals surface area contributed by atoms with Crippen molar-refractivity contribution in [1.29, 1.82) is 0 Å². The van der Waals surface area contributed by atoms with E-state index in [0.717, 1.165) is 12.3 Å². The molecule has 0 spiro atoms. The van der Waals surface area contributed by atoms with Gasteiger partial charge in [0.25, 0.3) is 5.56 Å². The maximum Gasteiger partial charge on any atom is 0.423 e. The normalized spacial score (nSPS) is 8.73. The summed E-state index contributed by atoms with van der Waals surface area (Å²) in [7, 11) is 0. The Bertz CT molecular complexity index is 409. The number of rotatable bonds is 1. The molecule has 0 saturated carbocycles. The van der Waals surface area contributed by atoms with Crippen LogP contribution in [0.15, 0.2) is 27.1 Å². The molecule has 7 heteroatoms. The maximum atomic E-state index is 10.7. The largest absolute Gasteiger partial charge is 0.423 e. The van der Waals surface area contributed by atoms with E-state index in [1.54, 1.807) is 0 Å². The lowest BCUT2D eigenvalue weighted by Gasteiger charge is -1.85. The first-order valence-corrected chi connectivity index (χ1v) is 2.61. The van der Waals surface area contributed by atoms with Crippen LogP contribution in [0.3, 0.4) is 0 Å². The molecule has 0 amide bonds. The number of nitrogens with zero attached hydrogens (tertiary/aromatic N) is 4. The summed E-state index contributed by atoms with van der Waals surface area (Å²) in [6.07, 6.45) is 1.08. The summed E-state index contributed by atoms with van der Waals surface area (Å²) in [5, 5.41) is 2.96. The molecule has 0 aliphatic heterocycles. The van der Waals surface area contributed by atoms with Crippen LogP contribution in [0.4, 0.5) is 0 Å². The zero-order valence-corrected chi connectivity index (χ0v) is 5.26. The topological polar surface area (TPSA) is 104 Å². The summed E-state index contributed by atoms with van der Waals surface area (Å²) in [6, 6.07) is 1.08. The molecule has 1 aromatic heterocycles. The summed E-state index contributed by atoms with van der Waals surface area (Å²) in [4.78, 5) is 25.4. The summed E-state index contributed by atoms with van der Waals surface area (Å²) in [5.74, 6) is 0. The van der Waals surface area contributed by atoms with Crippen LogP contribution in [-0.2, 0) is 0 Å². The monoisotopic (exact) mass is 153 g/mol. The Morgan fingerprint density at radius 1 is 1.64 bits per heavy atom. The van der Waals surface area contributed by atoms with Gasteiger partial charge in [0.2, 0.25) is 0 Å². The SMILES string of the molecule is [N-]=[N+]=Nn1ccc(=O)[nH]c1=O. The van der Waals surface area contributed by atoms with Gasteiger partial charge in [0.05, 0.1) is 0 Å². The van der Waals surface area contributed by atoms with Crippen molar-refractivity contribution in [1.82, 2.24) is 9.66 Å². The zero-order valence-electron chi connectivity index (χ0n) is 5.26. The fourth-order valence-corrected chi connectivity index (χ4v) is 0.524. The minimum Gasteiger partial charge on any atom is -0.269 e. The second kappa shape index (κ2) is 2.72. The second-order valence-electron chi connectivity index (χ2n) is 1.63. The predicted octanol–water partition coefficient (Wildman–Crippen LogP) is -0.390. The van der Waals surface area contributed by atoms with Crippen LogP contribution in [-0.4, -0.2) is 9.66 Å². The van der Waals surface area contributed by atoms with Crippen molar-refractivity contribution >= 4 is 0 Å². The van der Waals surface area contributed by atoms with Crippen LogP contribution in [0.25, 0.3) is 10.4 Å². The number of hydrogen-bond acceptors (Lipinski definition) is 3. The van der Waals surface area contributed by atoms with Gasteiger partial charge in [0, 0.05) is 6.07 Å². The van der Waals surface area contributed by atoms with E-state index in [0.29, 0.717) is 4.68 Å². The first kappa shape index (κ1) is 7.10. The number of azide groups is 1. The number of H-pyrrole nitrogens is 1. The highest BCUT2D eigenvalue weighted by Crippen LogP contribution is 1.72. The van der Waals surface area contributed by atoms with Crippen LogP contribution >= 0.6 is 0 Å². The second-order valence-corrected chi connectivity index (χ2v) is 1.63. The van der Waals surface area contributed by atoms with Crippen LogP contribution in [0.5, 0.6) is 0 Å². The van der Waals surface area contributed by atoms with Crippen molar-refractivity contribution in [2.75, 3.05) is 0 Å². The highest BCUT2D eigenvalue weighted by Gasteiger charge is 1.94. The molecular weight excluding hydrogens is 150 g/mol. The molecule has 0 fully saturated rings. The molecule has 1 rings (SSSR count). The van der Waals surface area contributed by atoms with Crippen molar-refractivity contribution in [3.05, 3.63) is 43.5 Å². The molecule has 1 N–H and O–H groups in total. The molecule has 0 aromatic carbocycles. The molecule has 0 unspecified atom stereocenters. The van der Waals surface area contributed by atoms with Gasteiger partial charge in [0.15, 0.2) is 0 Å². The molecule has 0 saturated heterocycles. The smallest absolute Gasteiger partial charge is 0.269 e. The molecule has 0 aliphatic carbocycles. The third-order valence-electron chi connectivity index (χ3n) is 0.942. The lowest BCUT2D eigenvalue weighted by Crippen LogP contribution is -2.25. The van der Waals surface area contributed by atoms with Crippen LogP contribution in [0.2, 0.25) is 0 Å². The van der Waals surface area contributed by atoms with E-state index in [9.17, 15) is 9.59 Å². The van der Waals surface area contributed by atoms with Gasteiger partial charge in [-0.25, -0.2) is 4.79 Å². The molecule has 11 heavy (non-hydrogen) atoms. The van der Waals surface area contributed by atoms with E-state index in [1.807, 2.05) is 4.98 Å². The molecule has 0 aliphatic rings. The standard InChI is InChI=1S/C4H3N5O2/c5-7-8-9-2-1-3(10)6-4(9)11/h1-2H,(H,6,10,11). The minimum absolute atomic E-state index is 0.528. The predicted molar refractivity (Wildman–Crippen MR) is 35.9 cm³/mol. The highest BCUT2D eigenvalue weighted by molar-refractivity contribution is 4.81. The molecule has 0 radical (unpaired) electrons. The van der Waals surface area contributed by atoms with Crippen LogP contribution in [0.1, 0.15) is 0 Å². The zero-order chi connectivity index (χ0) is 8.27. The molecule has 56 valence electrons. The number of aromatic amines is 1. The first-order chi connectivity index (χ1) is 5.24. The van der Waals surface area contributed by atoms with Crippen molar-refractivity contribution in [3.63, 3.8) is 0 Å². The van der Waals surface area contributed by atoms with Crippen molar-refractivity contribution < 1.29 is 0 Å². The highest BCUT2D eigenvalue weighted by atomic mass is 16.2. The van der Waals surface area contributed by atoms with Gasteiger partial charge in [-0.1, -0.05) is 0 Å². The number of hydrogen-bond donors (Lipinski definition) is 1. The Balaban J connectivity index is 3.42. The van der Waals surface area contributed by atoms with Crippen molar-refractivity contribution in [2.24, 2.45) is 5.22 Å². The van der Waals surface area contributed by atoms with Gasteiger partial charge >= 0.3 is 5.69 Å². The third kappa shape index (κ3) is 1.46. The van der Waals surface area contributed by atoms with Gasteiger partial charge in [-0.05, 0) is 5.22 Å². The Labute approximate surface area is 59.5 Å². The fourth-order valence-electron chi connectivity index (χ4n) is 0.524. The van der Waals surface area contributed by atoms with Gasteiger partial charge in [-0.3, -0.25) is 9.78 Å². The molecular formula is C4H3N5O2. The summed E-state index contributed by atoms with van der Waals surface area (Å²) < 4.78 is 0.682. The van der Waals surface area contributed by atoms with Gasteiger partial charge in [-0.15, -0.1) is 10.2 Å². The Morgan fingerprint density at radius 2 is 2.36 bits per heavy atom. The van der Waals surface area contributed by atoms with Crippen molar-refractivity contribution in [2.45, 2.75) is 0 Å². The van der Waals surface area contributed by atoms with Gasteiger partial charge < -0.3 is 0 Å². The summed E-state index contributed by atoms with van der Waals surface area (Å²) in [6.45, 7) is 0. The summed E-state index contributed by atoms with van der Waals surface area (Å²) in [5.41, 5.74) is 6.64. The fraction of sp³-hybridized carbons (Fsp3) is 0. The Morgan fingerprint density at radius 3 is 2.91 bits per heavy atom. The Hall–Kier alpha value is -2.01. The maximum absolute atomic E-state index is 10.7. The Kier molecular flexibility index (Phi) is 1.75. The average Bonchev–Trinajstić information content (AvgIpc) is 1.95. The van der Waals surface area contributed by atoms with E-state index in [-0.39, 0.29) is 0 Å². The van der Waals surface area contributed by atoms with Crippen molar-refractivity contribution in [3.8, 4) is 0 Å². The quantitative estimate of drug-likeness (QED) is 0.337. The molecule has 7 nitrogen and oxygen atoms in total. The van der Waals surface area contributed by atoms with E-state index < -0.39 is 11.2 Å². The first-order valence-electron chi connectivity index (χ1n) is 2.61. The lowest BCUT2D eigenvalue weighted by molar-refractivity contribution is 0.763. The van der Waals surface area contributed by atoms with Gasteiger partial charge in [0.1, 0.15) is 6.20 Å². The molecule has 0 bridgehead atoms. The van der Waals surface area contributed by atoms with E-state index in [1.165, 1.54) is 0 Å². The van der Waals surface area contributed by atoms with E-state index >= 15 is 0 Å². The van der Waals surface area contributed by atoms with Crippen LogP contribution < -0.4 is 11.2 Å². The summed E-state index contributed by atoms with van der Waals surface area (Å²) >= 11 is 0. The minimum atomic E-state index is -0.754.